The second-order valence-electron chi connectivity index (χ2n) is 10.6. The van der Waals surface area contributed by atoms with Crippen molar-refractivity contribution < 1.29 is 14.3 Å². The molecular formula is C26H39N3O3S. The molecule has 3 fully saturated rings. The molecule has 0 aromatic carbocycles. The van der Waals surface area contributed by atoms with Crippen LogP contribution in [0.5, 0.6) is 0 Å². The normalized spacial score (nSPS) is 32.1. The van der Waals surface area contributed by atoms with Crippen molar-refractivity contribution in [3.8, 4) is 0 Å². The van der Waals surface area contributed by atoms with Gasteiger partial charge in [0.05, 0.1) is 12.2 Å². The number of nitrogens with zero attached hydrogens (tertiary/aromatic N) is 2. The molecule has 3 aliphatic heterocycles. The fraction of sp³-hybridized carbons (Fsp3) is 0.769. The highest BCUT2D eigenvalue weighted by molar-refractivity contribution is 7.12. The second-order valence-corrected chi connectivity index (χ2v) is 11.9. The number of piperidine rings is 1. The van der Waals surface area contributed by atoms with Crippen molar-refractivity contribution in [3.05, 3.63) is 21.4 Å². The molecule has 1 N–H and O–H groups in total. The maximum absolute atomic E-state index is 12.3. The summed E-state index contributed by atoms with van der Waals surface area (Å²) in [7, 11) is 0. The molecule has 1 saturated carbocycles. The number of carbonyl (C=O) groups is 2. The molecule has 4 heterocycles. The van der Waals surface area contributed by atoms with Crippen LogP contribution in [0, 0.1) is 5.92 Å². The van der Waals surface area contributed by atoms with Crippen molar-refractivity contribution in [2.45, 2.75) is 89.3 Å². The molecule has 0 radical (unpaired) electrons. The molecule has 5 rings (SSSR count). The van der Waals surface area contributed by atoms with Gasteiger partial charge in [0.25, 0.3) is 0 Å². The first-order chi connectivity index (χ1) is 16.0. The van der Waals surface area contributed by atoms with Crippen molar-refractivity contribution in [2.75, 3.05) is 32.8 Å². The summed E-state index contributed by atoms with van der Waals surface area (Å²) in [4.78, 5) is 31.5. The summed E-state index contributed by atoms with van der Waals surface area (Å²) >= 11 is 2.00. The molecule has 0 unspecified atom stereocenters. The third kappa shape index (κ3) is 4.87. The highest BCUT2D eigenvalue weighted by atomic mass is 32.1. The number of rotatable bonds is 7. The van der Waals surface area contributed by atoms with Crippen LogP contribution >= 0.6 is 11.3 Å². The summed E-state index contributed by atoms with van der Waals surface area (Å²) in [5, 5.41) is 3.18. The van der Waals surface area contributed by atoms with E-state index >= 15 is 0 Å². The van der Waals surface area contributed by atoms with Crippen molar-refractivity contribution in [1.82, 2.24) is 15.1 Å². The summed E-state index contributed by atoms with van der Waals surface area (Å²) in [5.74, 6) is 0.963. The zero-order chi connectivity index (χ0) is 23.0. The van der Waals surface area contributed by atoms with Crippen molar-refractivity contribution in [2.24, 2.45) is 5.92 Å². The fourth-order valence-corrected chi connectivity index (χ4v) is 7.54. The van der Waals surface area contributed by atoms with Crippen LogP contribution in [-0.2, 0) is 32.8 Å². The Bertz CT molecular complexity index is 880. The molecule has 2 saturated heterocycles. The SMILES string of the molecule is CCc1cc2c(s1)CCO[C@@]21CCN(C[C@H]2C[C@@H](NC(=O)CCN3CCCC3=O)C2)[C@@H](C)C1. The van der Waals surface area contributed by atoms with E-state index in [9.17, 15) is 9.59 Å². The van der Waals surface area contributed by atoms with Crippen LogP contribution in [0.1, 0.15) is 74.1 Å². The lowest BCUT2D eigenvalue weighted by Gasteiger charge is -2.49. The van der Waals surface area contributed by atoms with Gasteiger partial charge in [-0.25, -0.2) is 0 Å². The predicted octanol–water partition coefficient (Wildman–Crippen LogP) is 3.47. The number of thiophene rings is 1. The van der Waals surface area contributed by atoms with Gasteiger partial charge >= 0.3 is 0 Å². The Hall–Kier alpha value is -1.44. The van der Waals surface area contributed by atoms with E-state index in [1.54, 1.807) is 4.88 Å². The number of nitrogens with one attached hydrogen (secondary N) is 1. The van der Waals surface area contributed by atoms with E-state index in [0.29, 0.717) is 37.4 Å². The zero-order valence-corrected chi connectivity index (χ0v) is 21.1. The highest BCUT2D eigenvalue weighted by Gasteiger charge is 2.45. The first kappa shape index (κ1) is 23.3. The molecule has 4 aliphatic rings. The predicted molar refractivity (Wildman–Crippen MR) is 130 cm³/mol. The molecule has 2 amide bonds. The standard InChI is InChI=1S/C26H39N3O3S/c1-3-21-15-22-23(33-21)7-12-32-26(22)8-11-29(18(2)16-26)17-19-13-20(14-19)27-24(30)6-10-28-9-4-5-25(28)31/h15,18-20H,3-14,16-17H2,1-2H3,(H,27,30)/t18-,19-,20+,26+/m0/s1. The minimum Gasteiger partial charge on any atom is -0.370 e. The molecule has 1 aromatic heterocycles. The molecule has 0 bridgehead atoms. The van der Waals surface area contributed by atoms with Crippen LogP contribution in [0.15, 0.2) is 6.07 Å². The Balaban J connectivity index is 1.06. The summed E-state index contributed by atoms with van der Waals surface area (Å²) in [6.45, 7) is 9.08. The van der Waals surface area contributed by atoms with Crippen LogP contribution in [0.4, 0.5) is 0 Å². The van der Waals surface area contributed by atoms with E-state index in [1.165, 1.54) is 10.4 Å². The summed E-state index contributed by atoms with van der Waals surface area (Å²) in [5.41, 5.74) is 1.42. The van der Waals surface area contributed by atoms with Crippen molar-refractivity contribution >= 4 is 23.2 Å². The van der Waals surface area contributed by atoms with Gasteiger partial charge in [-0.3, -0.25) is 9.59 Å². The largest absolute Gasteiger partial charge is 0.370 e. The molecule has 182 valence electrons. The zero-order valence-electron chi connectivity index (χ0n) is 20.2. The van der Waals surface area contributed by atoms with Gasteiger partial charge in [-0.15, -0.1) is 11.3 Å². The molecular weight excluding hydrogens is 434 g/mol. The van der Waals surface area contributed by atoms with E-state index < -0.39 is 0 Å². The number of carbonyl (C=O) groups excluding carboxylic acids is 2. The molecule has 1 aromatic rings. The number of fused-ring (bicyclic) bond motifs is 2. The van der Waals surface area contributed by atoms with Crippen LogP contribution < -0.4 is 5.32 Å². The number of ether oxygens (including phenoxy) is 1. The number of hydrogen-bond donors (Lipinski definition) is 1. The third-order valence-electron chi connectivity index (χ3n) is 8.33. The fourth-order valence-electron chi connectivity index (χ4n) is 6.36. The minimum atomic E-state index is -0.0692. The van der Waals surface area contributed by atoms with Gasteiger partial charge in [0, 0.05) is 67.3 Å². The van der Waals surface area contributed by atoms with Crippen LogP contribution in [0.3, 0.4) is 0 Å². The molecule has 1 aliphatic carbocycles. The number of amides is 2. The maximum atomic E-state index is 12.3. The van der Waals surface area contributed by atoms with Gasteiger partial charge in [-0.1, -0.05) is 6.92 Å². The van der Waals surface area contributed by atoms with Gasteiger partial charge in [0.2, 0.25) is 11.8 Å². The Morgan fingerprint density at radius 1 is 1.30 bits per heavy atom. The maximum Gasteiger partial charge on any atom is 0.222 e. The Morgan fingerprint density at radius 2 is 2.15 bits per heavy atom. The Morgan fingerprint density at radius 3 is 2.88 bits per heavy atom. The average Bonchev–Trinajstić information content (AvgIpc) is 3.39. The summed E-state index contributed by atoms with van der Waals surface area (Å²) in [6, 6.07) is 3.26. The van der Waals surface area contributed by atoms with Crippen molar-refractivity contribution in [3.63, 3.8) is 0 Å². The van der Waals surface area contributed by atoms with Gasteiger partial charge in [0.15, 0.2) is 0 Å². The van der Waals surface area contributed by atoms with Crippen molar-refractivity contribution in [1.29, 1.82) is 0 Å². The molecule has 1 spiro atoms. The van der Waals surface area contributed by atoms with E-state index in [-0.39, 0.29) is 17.4 Å². The van der Waals surface area contributed by atoms with Crippen LogP contribution in [0.2, 0.25) is 0 Å². The van der Waals surface area contributed by atoms with E-state index in [1.807, 2.05) is 16.2 Å². The average molecular weight is 474 g/mol. The number of hydrogen-bond acceptors (Lipinski definition) is 5. The van der Waals surface area contributed by atoms with Gasteiger partial charge in [-0.2, -0.15) is 0 Å². The molecule has 2 atom stereocenters. The third-order valence-corrected chi connectivity index (χ3v) is 9.67. The molecule has 7 heteroatoms. The van der Waals surface area contributed by atoms with Gasteiger partial charge < -0.3 is 19.9 Å². The lowest BCUT2D eigenvalue weighted by molar-refractivity contribution is -0.129. The van der Waals surface area contributed by atoms with Crippen LogP contribution in [0.25, 0.3) is 0 Å². The first-order valence-electron chi connectivity index (χ1n) is 13.0. The topological polar surface area (TPSA) is 61.9 Å². The number of aryl methyl sites for hydroxylation is 1. The van der Waals surface area contributed by atoms with Gasteiger partial charge in [0.1, 0.15) is 0 Å². The quantitative estimate of drug-likeness (QED) is 0.659. The number of likely N-dealkylation sites (tertiary alicyclic amines) is 2. The molecule has 33 heavy (non-hydrogen) atoms. The Labute approximate surface area is 202 Å². The summed E-state index contributed by atoms with van der Waals surface area (Å²) in [6.07, 6.45) is 8.52. The van der Waals surface area contributed by atoms with E-state index in [2.05, 4.69) is 30.1 Å². The summed E-state index contributed by atoms with van der Waals surface area (Å²) < 4.78 is 6.49. The van der Waals surface area contributed by atoms with Crippen LogP contribution in [-0.4, -0.2) is 66.5 Å². The minimum absolute atomic E-state index is 0.0692. The van der Waals surface area contributed by atoms with E-state index in [0.717, 1.165) is 71.2 Å². The Kier molecular flexibility index (Phi) is 6.83. The van der Waals surface area contributed by atoms with Gasteiger partial charge in [-0.05, 0) is 63.0 Å². The second kappa shape index (κ2) is 9.67. The van der Waals surface area contributed by atoms with E-state index in [4.69, 9.17) is 4.74 Å². The first-order valence-corrected chi connectivity index (χ1v) is 13.8. The lowest BCUT2D eigenvalue weighted by Crippen LogP contribution is -2.54. The molecule has 6 nitrogen and oxygen atoms in total. The smallest absolute Gasteiger partial charge is 0.222 e. The monoisotopic (exact) mass is 473 g/mol. The highest BCUT2D eigenvalue weighted by Crippen LogP contribution is 2.46. The lowest BCUT2D eigenvalue weighted by atomic mass is 9.76.